The Morgan fingerprint density at radius 2 is 0.369 bits per heavy atom. The summed E-state index contributed by atoms with van der Waals surface area (Å²) in [6.07, 6.45) is 43.9. The fourth-order valence-electron chi connectivity index (χ4n) is 13.3. The molecule has 0 fully saturated rings. The molecule has 84 heavy (non-hydrogen) atoms. The van der Waals surface area contributed by atoms with Crippen molar-refractivity contribution in [3.63, 3.8) is 0 Å². The molecule has 0 heterocycles. The van der Waals surface area contributed by atoms with Gasteiger partial charge < -0.3 is 37.9 Å². The summed E-state index contributed by atoms with van der Waals surface area (Å²) in [5, 5.41) is 0. The number of hydrogen-bond acceptors (Lipinski definition) is 8. The van der Waals surface area contributed by atoms with Gasteiger partial charge in [-0.1, -0.05) is 153 Å². The number of unbranched alkanes of at least 4 members (excludes halogenated alkanes) is 24. The van der Waals surface area contributed by atoms with E-state index >= 15 is 0 Å². The SMILES string of the molecule is C=CCCCCCCCCC1c2cc(c(OC)cc2OC)C(CCCCCCCCC=C)c2cc(c(OC)cc2OC)C(CCCCCCCCC=C)c2cc(c(OC)cc2OC)C(CCCCCCCCC=C)c2cc1c(OC)cc2OC. The molecule has 5 rings (SSSR count). The third kappa shape index (κ3) is 20.2. The zero-order valence-electron chi connectivity index (χ0n) is 54.0. The molecule has 1 aliphatic carbocycles. The smallest absolute Gasteiger partial charge is 0.126 e. The molecule has 464 valence electrons. The molecule has 0 spiro atoms. The Kier molecular flexibility index (Phi) is 32.7. The van der Waals surface area contributed by atoms with Crippen LogP contribution < -0.4 is 37.9 Å². The maximum absolute atomic E-state index is 6.55. The average molecular weight is 1150 g/mol. The molecule has 8 bridgehead atoms. The van der Waals surface area contributed by atoms with Crippen molar-refractivity contribution in [1.29, 1.82) is 0 Å². The van der Waals surface area contributed by atoms with Gasteiger partial charge in [0.25, 0.3) is 0 Å². The number of rotatable bonds is 44. The monoisotopic (exact) mass is 1150 g/mol. The van der Waals surface area contributed by atoms with Crippen molar-refractivity contribution < 1.29 is 37.9 Å². The standard InChI is InChI=1S/C76H112O8/c1-13-17-21-25-29-33-37-41-45-57-61-49-63(71(79-7)53-69(61)77-5)58(46-42-38-34-30-26-22-18-14-2)65-51-67(75(83-11)55-73(65)81-9)60(48-44-40-36-32-28-24-20-16-4)68-52-66(74(82-10)56-76(68)84-12)59(47-43-39-35-31-27-23-19-15-3)64-50-62(57)70(78-6)54-72(64)80-8/h13-16,49-60H,1-4,17-48H2,5-12H3. The fourth-order valence-corrected chi connectivity index (χ4v) is 13.3. The minimum atomic E-state index is -0.0988. The molecule has 4 aromatic rings. The normalized spacial score (nSPS) is 15.4. The Morgan fingerprint density at radius 3 is 0.512 bits per heavy atom. The number of hydrogen-bond donors (Lipinski definition) is 0. The Balaban J connectivity index is 1.90. The first-order valence-corrected chi connectivity index (χ1v) is 32.7. The molecule has 0 saturated heterocycles. The topological polar surface area (TPSA) is 73.8 Å². The lowest BCUT2D eigenvalue weighted by atomic mass is 9.76. The van der Waals surface area contributed by atoms with E-state index in [2.05, 4.69) is 74.8 Å². The van der Waals surface area contributed by atoms with E-state index in [1.807, 2.05) is 24.3 Å². The predicted molar refractivity (Wildman–Crippen MR) is 354 cm³/mol. The molecule has 4 aromatic carbocycles. The van der Waals surface area contributed by atoms with Gasteiger partial charge in [-0.15, -0.1) is 26.3 Å². The molecule has 0 atom stereocenters. The number of benzene rings is 4. The summed E-state index contributed by atoms with van der Waals surface area (Å²) in [5.74, 6) is 6.04. The molecular formula is C76H112O8. The molecule has 0 aliphatic heterocycles. The van der Waals surface area contributed by atoms with Gasteiger partial charge in [-0.05, 0) is 101 Å². The van der Waals surface area contributed by atoms with Crippen LogP contribution in [0.15, 0.2) is 99.2 Å². The summed E-state index contributed by atoms with van der Waals surface area (Å²) in [7, 11) is 14.4. The minimum absolute atomic E-state index is 0.0988. The predicted octanol–water partition coefficient (Wildman–Crippen LogP) is 21.8. The highest BCUT2D eigenvalue weighted by Gasteiger charge is 2.35. The maximum Gasteiger partial charge on any atom is 0.126 e. The Morgan fingerprint density at radius 1 is 0.226 bits per heavy atom. The summed E-state index contributed by atoms with van der Waals surface area (Å²) in [6.45, 7) is 15.9. The lowest BCUT2D eigenvalue weighted by Gasteiger charge is -2.31. The van der Waals surface area contributed by atoms with E-state index in [1.54, 1.807) is 56.9 Å². The van der Waals surface area contributed by atoms with Crippen LogP contribution in [0.25, 0.3) is 0 Å². The molecule has 0 aromatic heterocycles. The van der Waals surface area contributed by atoms with Crippen molar-refractivity contribution in [2.45, 2.75) is 229 Å². The van der Waals surface area contributed by atoms with Gasteiger partial charge in [0.15, 0.2) is 0 Å². The van der Waals surface area contributed by atoms with Gasteiger partial charge in [0, 0.05) is 92.4 Å². The minimum Gasteiger partial charge on any atom is -0.496 e. The first kappa shape index (κ1) is 69.0. The van der Waals surface area contributed by atoms with E-state index in [4.69, 9.17) is 37.9 Å². The van der Waals surface area contributed by atoms with Crippen molar-refractivity contribution in [3.05, 3.63) is 144 Å². The van der Waals surface area contributed by atoms with Crippen molar-refractivity contribution in [2.75, 3.05) is 56.9 Å². The van der Waals surface area contributed by atoms with Gasteiger partial charge in [0.2, 0.25) is 0 Å². The number of methoxy groups -OCH3 is 8. The van der Waals surface area contributed by atoms with Crippen LogP contribution in [0, 0.1) is 0 Å². The van der Waals surface area contributed by atoms with Crippen molar-refractivity contribution in [1.82, 2.24) is 0 Å². The highest BCUT2D eigenvalue weighted by Crippen LogP contribution is 2.53. The van der Waals surface area contributed by atoms with Crippen molar-refractivity contribution in [2.24, 2.45) is 0 Å². The third-order valence-electron chi connectivity index (χ3n) is 17.9. The zero-order valence-corrected chi connectivity index (χ0v) is 54.0. The van der Waals surface area contributed by atoms with Crippen molar-refractivity contribution in [3.8, 4) is 46.0 Å². The number of allylic oxidation sites excluding steroid dienone is 4. The first-order valence-electron chi connectivity index (χ1n) is 32.7. The van der Waals surface area contributed by atoms with Gasteiger partial charge >= 0.3 is 0 Å². The van der Waals surface area contributed by atoms with Crippen LogP contribution in [-0.4, -0.2) is 56.9 Å². The molecule has 8 heteroatoms. The fraction of sp³-hybridized carbons (Fsp3) is 0.579. The molecule has 1 aliphatic rings. The Hall–Kier alpha value is -5.76. The molecule has 0 saturated carbocycles. The van der Waals surface area contributed by atoms with Crippen LogP contribution in [0.5, 0.6) is 46.0 Å². The number of fused-ring (bicyclic) bond motifs is 8. The van der Waals surface area contributed by atoms with Crippen LogP contribution in [0.2, 0.25) is 0 Å². The van der Waals surface area contributed by atoms with Crippen LogP contribution in [0.1, 0.15) is 274 Å². The lowest BCUT2D eigenvalue weighted by Crippen LogP contribution is -2.15. The summed E-state index contributed by atoms with van der Waals surface area (Å²) < 4.78 is 52.4. The quantitative estimate of drug-likeness (QED) is 0.0320. The summed E-state index contributed by atoms with van der Waals surface area (Å²) >= 11 is 0. The van der Waals surface area contributed by atoms with Gasteiger partial charge in [-0.3, -0.25) is 0 Å². The molecule has 0 amide bonds. The highest BCUT2D eigenvalue weighted by molar-refractivity contribution is 5.63. The second kappa shape index (κ2) is 39.8. The van der Waals surface area contributed by atoms with E-state index in [0.29, 0.717) is 0 Å². The summed E-state index contributed by atoms with van der Waals surface area (Å²) in [5.41, 5.74) is 9.00. The second-order valence-electron chi connectivity index (χ2n) is 23.5. The zero-order chi connectivity index (χ0) is 60.3. The van der Waals surface area contributed by atoms with E-state index in [0.717, 1.165) is 193 Å². The summed E-state index contributed by atoms with van der Waals surface area (Å²) in [6, 6.07) is 18.4. The van der Waals surface area contributed by atoms with Gasteiger partial charge in [0.1, 0.15) is 46.0 Å². The van der Waals surface area contributed by atoms with E-state index in [9.17, 15) is 0 Å². The van der Waals surface area contributed by atoms with E-state index in [1.165, 1.54) is 103 Å². The largest absolute Gasteiger partial charge is 0.496 e. The second-order valence-corrected chi connectivity index (χ2v) is 23.5. The molecule has 0 unspecified atom stereocenters. The van der Waals surface area contributed by atoms with Gasteiger partial charge in [-0.25, -0.2) is 0 Å². The molecule has 0 N–H and O–H groups in total. The Labute approximate surface area is 511 Å². The van der Waals surface area contributed by atoms with Gasteiger partial charge in [0.05, 0.1) is 56.9 Å². The van der Waals surface area contributed by atoms with Crippen molar-refractivity contribution >= 4 is 0 Å². The Bertz CT molecular complexity index is 2100. The van der Waals surface area contributed by atoms with Crippen LogP contribution in [0.4, 0.5) is 0 Å². The molecule has 8 nitrogen and oxygen atoms in total. The van der Waals surface area contributed by atoms with E-state index < -0.39 is 0 Å². The molecule has 0 radical (unpaired) electrons. The maximum atomic E-state index is 6.55. The van der Waals surface area contributed by atoms with Gasteiger partial charge in [-0.2, -0.15) is 0 Å². The van der Waals surface area contributed by atoms with Crippen LogP contribution in [0.3, 0.4) is 0 Å². The lowest BCUT2D eigenvalue weighted by molar-refractivity contribution is 0.371. The third-order valence-corrected chi connectivity index (χ3v) is 17.9. The highest BCUT2D eigenvalue weighted by atomic mass is 16.5. The molecular weight excluding hydrogens is 1040 g/mol. The van der Waals surface area contributed by atoms with E-state index in [-0.39, 0.29) is 23.7 Å². The van der Waals surface area contributed by atoms with Crippen LogP contribution >= 0.6 is 0 Å². The number of ether oxygens (including phenoxy) is 8. The first-order chi connectivity index (χ1) is 41.2. The van der Waals surface area contributed by atoms with Crippen LogP contribution in [-0.2, 0) is 0 Å². The average Bonchev–Trinajstić information content (AvgIpc) is 1.63. The summed E-state index contributed by atoms with van der Waals surface area (Å²) in [4.78, 5) is 0.